The first-order chi connectivity index (χ1) is 7.57. The van der Waals surface area contributed by atoms with Gasteiger partial charge in [-0.3, -0.25) is 4.79 Å². The maximum absolute atomic E-state index is 11.7. The van der Waals surface area contributed by atoms with Gasteiger partial charge in [-0.1, -0.05) is 26.7 Å². The lowest BCUT2D eigenvalue weighted by Crippen LogP contribution is -2.47. The molecule has 3 heteroatoms. The van der Waals surface area contributed by atoms with Crippen molar-refractivity contribution in [2.24, 2.45) is 5.41 Å². The van der Waals surface area contributed by atoms with Crippen molar-refractivity contribution < 1.29 is 4.79 Å². The Hall–Kier alpha value is -0.570. The van der Waals surface area contributed by atoms with Gasteiger partial charge in [-0.05, 0) is 31.6 Å². The first-order valence-electron chi connectivity index (χ1n) is 6.58. The molecule has 1 rings (SSSR count). The normalized spacial score (nSPS) is 19.9. The monoisotopic (exact) mass is 226 g/mol. The van der Waals surface area contributed by atoms with Crippen LogP contribution in [-0.4, -0.2) is 25.0 Å². The van der Waals surface area contributed by atoms with Gasteiger partial charge in [-0.2, -0.15) is 0 Å². The molecule has 0 aromatic heterocycles. The molecule has 3 nitrogen and oxygen atoms in total. The van der Waals surface area contributed by atoms with E-state index in [1.807, 2.05) is 6.92 Å². The van der Waals surface area contributed by atoms with Crippen LogP contribution in [-0.2, 0) is 4.79 Å². The van der Waals surface area contributed by atoms with Crippen molar-refractivity contribution in [3.05, 3.63) is 0 Å². The minimum absolute atomic E-state index is 0.0609. The van der Waals surface area contributed by atoms with Crippen LogP contribution in [0, 0.1) is 5.41 Å². The molecule has 1 aliphatic rings. The van der Waals surface area contributed by atoms with E-state index in [2.05, 4.69) is 24.5 Å². The summed E-state index contributed by atoms with van der Waals surface area (Å²) in [6.45, 7) is 8.15. The summed E-state index contributed by atoms with van der Waals surface area (Å²) in [6, 6.07) is -0.0609. The Labute approximate surface area is 99.4 Å². The molecule has 1 amide bonds. The average Bonchev–Trinajstić information content (AvgIpc) is 2.23. The second-order valence-electron chi connectivity index (χ2n) is 5.41. The molecule has 0 bridgehead atoms. The quantitative estimate of drug-likeness (QED) is 0.653. The van der Waals surface area contributed by atoms with E-state index in [1.165, 1.54) is 19.3 Å². The summed E-state index contributed by atoms with van der Waals surface area (Å²) in [7, 11) is 0. The van der Waals surface area contributed by atoms with Crippen molar-refractivity contribution in [3.63, 3.8) is 0 Å². The predicted molar refractivity (Wildman–Crippen MR) is 67.3 cm³/mol. The smallest absolute Gasteiger partial charge is 0.236 e. The summed E-state index contributed by atoms with van der Waals surface area (Å²) < 4.78 is 0. The fourth-order valence-corrected chi connectivity index (χ4v) is 1.99. The summed E-state index contributed by atoms with van der Waals surface area (Å²) in [6.07, 6.45) is 6.12. The van der Waals surface area contributed by atoms with E-state index < -0.39 is 0 Å². The SMILES string of the molecule is CCCCNC(=O)C(C)NCC1(C)CCC1. The topological polar surface area (TPSA) is 41.1 Å². The van der Waals surface area contributed by atoms with Gasteiger partial charge in [0.15, 0.2) is 0 Å². The summed E-state index contributed by atoms with van der Waals surface area (Å²) >= 11 is 0. The fourth-order valence-electron chi connectivity index (χ4n) is 1.99. The van der Waals surface area contributed by atoms with Crippen molar-refractivity contribution in [1.29, 1.82) is 0 Å². The van der Waals surface area contributed by atoms with E-state index in [9.17, 15) is 4.79 Å². The first kappa shape index (κ1) is 13.5. The Morgan fingerprint density at radius 3 is 2.62 bits per heavy atom. The first-order valence-corrected chi connectivity index (χ1v) is 6.58. The molecule has 0 heterocycles. The molecule has 0 radical (unpaired) electrons. The van der Waals surface area contributed by atoms with Crippen molar-refractivity contribution in [1.82, 2.24) is 10.6 Å². The molecule has 0 aromatic carbocycles. The van der Waals surface area contributed by atoms with Gasteiger partial charge in [0, 0.05) is 13.1 Å². The zero-order valence-corrected chi connectivity index (χ0v) is 10.9. The second-order valence-corrected chi connectivity index (χ2v) is 5.41. The number of rotatable bonds is 7. The van der Waals surface area contributed by atoms with E-state index in [-0.39, 0.29) is 11.9 Å². The van der Waals surface area contributed by atoms with Gasteiger partial charge in [-0.15, -0.1) is 0 Å². The number of amides is 1. The van der Waals surface area contributed by atoms with Crippen molar-refractivity contribution in [2.45, 2.75) is 58.9 Å². The lowest BCUT2D eigenvalue weighted by atomic mass is 9.70. The third-order valence-corrected chi connectivity index (χ3v) is 3.62. The van der Waals surface area contributed by atoms with Gasteiger partial charge < -0.3 is 10.6 Å². The molecular weight excluding hydrogens is 200 g/mol. The molecule has 0 aromatic rings. The third-order valence-electron chi connectivity index (χ3n) is 3.62. The summed E-state index contributed by atoms with van der Waals surface area (Å²) in [5.74, 6) is 0.136. The molecule has 94 valence electrons. The van der Waals surface area contributed by atoms with E-state index >= 15 is 0 Å². The molecule has 1 atom stereocenters. The molecule has 1 fully saturated rings. The molecule has 1 unspecified atom stereocenters. The van der Waals surface area contributed by atoms with Crippen LogP contribution < -0.4 is 10.6 Å². The Morgan fingerprint density at radius 1 is 1.44 bits per heavy atom. The van der Waals surface area contributed by atoms with E-state index in [1.54, 1.807) is 0 Å². The molecule has 0 saturated heterocycles. The molecular formula is C13H26N2O. The Morgan fingerprint density at radius 2 is 2.12 bits per heavy atom. The highest BCUT2D eigenvalue weighted by atomic mass is 16.2. The minimum Gasteiger partial charge on any atom is -0.355 e. The highest BCUT2D eigenvalue weighted by Crippen LogP contribution is 2.39. The number of carbonyl (C=O) groups is 1. The Bertz CT molecular complexity index is 224. The zero-order valence-electron chi connectivity index (χ0n) is 10.9. The van der Waals surface area contributed by atoms with Gasteiger partial charge in [0.25, 0.3) is 0 Å². The van der Waals surface area contributed by atoms with Crippen molar-refractivity contribution in [2.75, 3.05) is 13.1 Å². The maximum Gasteiger partial charge on any atom is 0.236 e. The highest BCUT2D eigenvalue weighted by Gasteiger charge is 2.32. The van der Waals surface area contributed by atoms with Crippen LogP contribution in [0.25, 0.3) is 0 Å². The summed E-state index contributed by atoms with van der Waals surface area (Å²) in [4.78, 5) is 11.7. The van der Waals surface area contributed by atoms with Crippen LogP contribution in [0.5, 0.6) is 0 Å². The van der Waals surface area contributed by atoms with E-state index in [0.29, 0.717) is 5.41 Å². The summed E-state index contributed by atoms with van der Waals surface area (Å²) in [5.41, 5.74) is 0.442. The van der Waals surface area contributed by atoms with Gasteiger partial charge in [0.1, 0.15) is 0 Å². The van der Waals surface area contributed by atoms with Crippen LogP contribution in [0.15, 0.2) is 0 Å². The largest absolute Gasteiger partial charge is 0.355 e. The maximum atomic E-state index is 11.7. The van der Waals surface area contributed by atoms with Crippen LogP contribution in [0.4, 0.5) is 0 Å². The lowest BCUT2D eigenvalue weighted by molar-refractivity contribution is -0.122. The molecule has 0 spiro atoms. The summed E-state index contributed by atoms with van der Waals surface area (Å²) in [5, 5.41) is 6.29. The number of nitrogens with one attached hydrogen (secondary N) is 2. The third kappa shape index (κ3) is 4.12. The number of unbranched alkanes of at least 4 members (excludes halogenated alkanes) is 1. The van der Waals surface area contributed by atoms with Crippen LogP contribution in [0.3, 0.4) is 0 Å². The number of hydrogen-bond donors (Lipinski definition) is 2. The Kier molecular flexibility index (Phi) is 5.26. The van der Waals surface area contributed by atoms with Gasteiger partial charge in [-0.25, -0.2) is 0 Å². The van der Waals surface area contributed by atoms with E-state index in [0.717, 1.165) is 25.9 Å². The number of carbonyl (C=O) groups excluding carboxylic acids is 1. The molecule has 2 N–H and O–H groups in total. The highest BCUT2D eigenvalue weighted by molar-refractivity contribution is 5.81. The van der Waals surface area contributed by atoms with Gasteiger partial charge >= 0.3 is 0 Å². The zero-order chi connectivity index (χ0) is 12.0. The lowest BCUT2D eigenvalue weighted by Gasteiger charge is -2.39. The molecule has 0 aliphatic heterocycles. The standard InChI is InChI=1S/C13H26N2O/c1-4-5-9-14-12(16)11(2)15-10-13(3)7-6-8-13/h11,15H,4-10H2,1-3H3,(H,14,16). The molecule has 1 aliphatic carbocycles. The molecule has 1 saturated carbocycles. The Balaban J connectivity index is 2.13. The van der Waals surface area contributed by atoms with Gasteiger partial charge in [0.2, 0.25) is 5.91 Å². The van der Waals surface area contributed by atoms with Crippen LogP contribution >= 0.6 is 0 Å². The second kappa shape index (κ2) is 6.24. The minimum atomic E-state index is -0.0609. The average molecular weight is 226 g/mol. The predicted octanol–water partition coefficient (Wildman–Crippen LogP) is 2.07. The molecule has 16 heavy (non-hydrogen) atoms. The van der Waals surface area contributed by atoms with E-state index in [4.69, 9.17) is 0 Å². The van der Waals surface area contributed by atoms with Gasteiger partial charge in [0.05, 0.1) is 6.04 Å². The van der Waals surface area contributed by atoms with Crippen molar-refractivity contribution >= 4 is 5.91 Å². The van der Waals surface area contributed by atoms with Crippen LogP contribution in [0.2, 0.25) is 0 Å². The fraction of sp³-hybridized carbons (Fsp3) is 0.923. The van der Waals surface area contributed by atoms with Crippen molar-refractivity contribution in [3.8, 4) is 0 Å². The number of hydrogen-bond acceptors (Lipinski definition) is 2. The van der Waals surface area contributed by atoms with Crippen LogP contribution in [0.1, 0.15) is 52.9 Å².